The van der Waals surface area contributed by atoms with Crippen LogP contribution in [0.1, 0.15) is 33.1 Å². The van der Waals surface area contributed by atoms with Gasteiger partial charge in [0.15, 0.2) is 0 Å². The second kappa shape index (κ2) is 5.10. The Hall–Kier alpha value is -0.120. The molecule has 2 N–H and O–H groups in total. The van der Waals surface area contributed by atoms with E-state index in [0.717, 1.165) is 19.7 Å². The van der Waals surface area contributed by atoms with Gasteiger partial charge in [-0.3, -0.25) is 0 Å². The van der Waals surface area contributed by atoms with Crippen molar-refractivity contribution in [2.45, 2.75) is 44.8 Å². The summed E-state index contributed by atoms with van der Waals surface area (Å²) in [5.74, 6) is 0. The fraction of sp³-hybridized carbons (Fsp3) is 1.00. The normalized spacial score (nSPS) is 24.2. The van der Waals surface area contributed by atoms with Gasteiger partial charge in [-0.25, -0.2) is 0 Å². The summed E-state index contributed by atoms with van der Waals surface area (Å²) in [6, 6.07) is 0. The van der Waals surface area contributed by atoms with Crippen LogP contribution in [-0.2, 0) is 4.74 Å². The molecule has 0 spiro atoms. The first kappa shape index (κ1) is 12.0. The molecule has 1 atom stereocenters. The fourth-order valence-corrected chi connectivity index (χ4v) is 2.06. The number of nitrogens with zero attached hydrogens (tertiary/aromatic N) is 1. The minimum Gasteiger partial charge on any atom is -0.377 e. The molecule has 14 heavy (non-hydrogen) atoms. The first-order chi connectivity index (χ1) is 6.47. The maximum atomic E-state index is 5.96. The Morgan fingerprint density at radius 3 is 2.64 bits per heavy atom. The maximum Gasteiger partial charge on any atom is 0.0701 e. The zero-order valence-corrected chi connectivity index (χ0v) is 9.75. The van der Waals surface area contributed by atoms with Gasteiger partial charge < -0.3 is 15.4 Å². The van der Waals surface area contributed by atoms with Crippen molar-refractivity contribution in [3.8, 4) is 0 Å². The monoisotopic (exact) mass is 200 g/mol. The summed E-state index contributed by atoms with van der Waals surface area (Å²) in [5, 5.41) is 0. The Bertz CT molecular complexity index is 159. The third-order valence-corrected chi connectivity index (χ3v) is 2.47. The average Bonchev–Trinajstić information content (AvgIpc) is 2.02. The molecule has 84 valence electrons. The second-order valence-corrected chi connectivity index (χ2v) is 5.17. The van der Waals surface area contributed by atoms with E-state index in [0.29, 0.717) is 6.10 Å². The van der Waals surface area contributed by atoms with E-state index in [1.165, 1.54) is 19.3 Å². The van der Waals surface area contributed by atoms with Crippen molar-refractivity contribution >= 4 is 0 Å². The van der Waals surface area contributed by atoms with Gasteiger partial charge in [-0.1, -0.05) is 0 Å². The van der Waals surface area contributed by atoms with Crippen LogP contribution in [-0.4, -0.2) is 43.3 Å². The SMILES string of the molecule is CN(CC1CCCCO1)CC(C)(C)N. The van der Waals surface area contributed by atoms with Crippen LogP contribution in [0.25, 0.3) is 0 Å². The van der Waals surface area contributed by atoms with Gasteiger partial charge in [0.05, 0.1) is 6.10 Å². The van der Waals surface area contributed by atoms with Gasteiger partial charge in [-0.05, 0) is 40.2 Å². The molecule has 0 aliphatic carbocycles. The van der Waals surface area contributed by atoms with Crippen molar-refractivity contribution < 1.29 is 4.74 Å². The minimum absolute atomic E-state index is 0.108. The molecule has 1 saturated heterocycles. The molecule has 3 nitrogen and oxygen atoms in total. The van der Waals surface area contributed by atoms with Crippen molar-refractivity contribution in [1.82, 2.24) is 4.90 Å². The lowest BCUT2D eigenvalue weighted by Crippen LogP contribution is -2.46. The van der Waals surface area contributed by atoms with Gasteiger partial charge in [-0.15, -0.1) is 0 Å². The Morgan fingerprint density at radius 1 is 1.43 bits per heavy atom. The van der Waals surface area contributed by atoms with Crippen LogP contribution < -0.4 is 5.73 Å². The lowest BCUT2D eigenvalue weighted by Gasteiger charge is -2.31. The first-order valence-corrected chi connectivity index (χ1v) is 5.56. The summed E-state index contributed by atoms with van der Waals surface area (Å²) in [6.07, 6.45) is 4.17. The summed E-state index contributed by atoms with van der Waals surface area (Å²) in [5.41, 5.74) is 5.85. The average molecular weight is 200 g/mol. The van der Waals surface area contributed by atoms with E-state index in [1.54, 1.807) is 0 Å². The number of hydrogen-bond acceptors (Lipinski definition) is 3. The van der Waals surface area contributed by atoms with E-state index in [-0.39, 0.29) is 5.54 Å². The van der Waals surface area contributed by atoms with Gasteiger partial charge in [0.1, 0.15) is 0 Å². The highest BCUT2D eigenvalue weighted by Crippen LogP contribution is 2.13. The van der Waals surface area contributed by atoms with E-state index in [1.807, 2.05) is 0 Å². The Kier molecular flexibility index (Phi) is 4.35. The smallest absolute Gasteiger partial charge is 0.0701 e. The highest BCUT2D eigenvalue weighted by molar-refractivity contribution is 4.77. The van der Waals surface area contributed by atoms with Gasteiger partial charge in [0.25, 0.3) is 0 Å². The van der Waals surface area contributed by atoms with Gasteiger partial charge in [-0.2, -0.15) is 0 Å². The molecule has 0 bridgehead atoms. The maximum absolute atomic E-state index is 5.96. The predicted molar refractivity (Wildman–Crippen MR) is 59.4 cm³/mol. The molecule has 1 fully saturated rings. The van der Waals surface area contributed by atoms with Crippen molar-refractivity contribution in [2.75, 3.05) is 26.7 Å². The number of ether oxygens (including phenoxy) is 1. The summed E-state index contributed by atoms with van der Waals surface area (Å²) < 4.78 is 5.68. The van der Waals surface area contributed by atoms with Crippen LogP contribution >= 0.6 is 0 Å². The molecule has 1 heterocycles. The zero-order valence-electron chi connectivity index (χ0n) is 9.75. The van der Waals surface area contributed by atoms with E-state index in [2.05, 4.69) is 25.8 Å². The molecule has 3 heteroatoms. The van der Waals surface area contributed by atoms with E-state index >= 15 is 0 Å². The minimum atomic E-state index is -0.108. The van der Waals surface area contributed by atoms with Crippen molar-refractivity contribution in [2.24, 2.45) is 5.73 Å². The standard InChI is InChI=1S/C11H24N2O/c1-11(2,12)9-13(3)8-10-6-4-5-7-14-10/h10H,4-9,12H2,1-3H3. The third-order valence-electron chi connectivity index (χ3n) is 2.47. The zero-order chi connectivity index (χ0) is 10.6. The lowest BCUT2D eigenvalue weighted by molar-refractivity contribution is -0.00352. The molecule has 1 aliphatic heterocycles. The molecule has 0 aromatic heterocycles. The lowest BCUT2D eigenvalue weighted by atomic mass is 10.1. The van der Waals surface area contributed by atoms with Crippen molar-refractivity contribution in [3.05, 3.63) is 0 Å². The van der Waals surface area contributed by atoms with Crippen LogP contribution in [0.5, 0.6) is 0 Å². The highest BCUT2D eigenvalue weighted by Gasteiger charge is 2.19. The molecule has 0 aromatic rings. The molecule has 0 aromatic carbocycles. The molecule has 0 radical (unpaired) electrons. The number of rotatable bonds is 4. The van der Waals surface area contributed by atoms with Crippen molar-refractivity contribution in [3.63, 3.8) is 0 Å². The van der Waals surface area contributed by atoms with E-state index in [9.17, 15) is 0 Å². The summed E-state index contributed by atoms with van der Waals surface area (Å²) >= 11 is 0. The molecule has 1 rings (SSSR count). The largest absolute Gasteiger partial charge is 0.377 e. The number of likely N-dealkylation sites (N-methyl/N-ethyl adjacent to an activating group) is 1. The van der Waals surface area contributed by atoms with Crippen LogP contribution in [0.4, 0.5) is 0 Å². The van der Waals surface area contributed by atoms with E-state index in [4.69, 9.17) is 10.5 Å². The quantitative estimate of drug-likeness (QED) is 0.741. The second-order valence-electron chi connectivity index (χ2n) is 5.17. The molecule has 1 aliphatic rings. The van der Waals surface area contributed by atoms with Gasteiger partial charge >= 0.3 is 0 Å². The highest BCUT2D eigenvalue weighted by atomic mass is 16.5. The summed E-state index contributed by atoms with van der Waals surface area (Å²) in [4.78, 5) is 2.27. The Labute approximate surface area is 87.6 Å². The molecule has 0 amide bonds. The third kappa shape index (κ3) is 4.94. The van der Waals surface area contributed by atoms with Gasteiger partial charge in [0, 0.05) is 25.2 Å². The van der Waals surface area contributed by atoms with E-state index < -0.39 is 0 Å². The van der Waals surface area contributed by atoms with Crippen molar-refractivity contribution in [1.29, 1.82) is 0 Å². The number of hydrogen-bond donors (Lipinski definition) is 1. The predicted octanol–water partition coefficient (Wildman–Crippen LogP) is 1.22. The summed E-state index contributed by atoms with van der Waals surface area (Å²) in [7, 11) is 2.12. The van der Waals surface area contributed by atoms with Crippen LogP contribution in [0.3, 0.4) is 0 Å². The first-order valence-electron chi connectivity index (χ1n) is 5.56. The van der Waals surface area contributed by atoms with Crippen LogP contribution in [0.2, 0.25) is 0 Å². The van der Waals surface area contributed by atoms with Gasteiger partial charge in [0.2, 0.25) is 0 Å². The Balaban J connectivity index is 2.21. The molecule has 1 unspecified atom stereocenters. The molecular weight excluding hydrogens is 176 g/mol. The summed E-state index contributed by atoms with van der Waals surface area (Å²) in [6.45, 7) is 6.99. The Morgan fingerprint density at radius 2 is 2.14 bits per heavy atom. The molecular formula is C11H24N2O. The fourth-order valence-electron chi connectivity index (χ4n) is 2.06. The number of nitrogens with two attached hydrogens (primary N) is 1. The molecule has 0 saturated carbocycles. The van der Waals surface area contributed by atoms with Crippen LogP contribution in [0.15, 0.2) is 0 Å². The topological polar surface area (TPSA) is 38.5 Å². The van der Waals surface area contributed by atoms with Crippen LogP contribution in [0, 0.1) is 0 Å².